The first-order valence-corrected chi connectivity index (χ1v) is 8.39. The number of aromatic amines is 1. The molecule has 2 bridgehead atoms. The summed E-state index contributed by atoms with van der Waals surface area (Å²) in [6.07, 6.45) is 8.90. The second-order valence-corrected chi connectivity index (χ2v) is 6.29. The molecule has 1 saturated heterocycles. The lowest BCUT2D eigenvalue weighted by Gasteiger charge is -2.31. The SMILES string of the molecule is O=C(c1cc[nH]c1)N1CCO[C@H]2CC[C@H]1[C@H]2OCc1cccnc1. The van der Waals surface area contributed by atoms with E-state index in [9.17, 15) is 4.79 Å². The first-order valence-electron chi connectivity index (χ1n) is 8.39. The fraction of sp³-hybridized carbons (Fsp3) is 0.444. The lowest BCUT2D eigenvalue weighted by molar-refractivity contribution is -0.0598. The van der Waals surface area contributed by atoms with Gasteiger partial charge in [0, 0.05) is 31.3 Å². The maximum absolute atomic E-state index is 12.8. The van der Waals surface area contributed by atoms with Gasteiger partial charge in [0.2, 0.25) is 0 Å². The van der Waals surface area contributed by atoms with Crippen molar-refractivity contribution in [2.24, 2.45) is 0 Å². The molecule has 3 heterocycles. The van der Waals surface area contributed by atoms with Crippen LogP contribution in [0.2, 0.25) is 0 Å². The monoisotopic (exact) mass is 327 g/mol. The van der Waals surface area contributed by atoms with Gasteiger partial charge in [0.25, 0.3) is 5.91 Å². The quantitative estimate of drug-likeness (QED) is 0.933. The third-order valence-electron chi connectivity index (χ3n) is 4.83. The van der Waals surface area contributed by atoms with E-state index in [-0.39, 0.29) is 24.2 Å². The van der Waals surface area contributed by atoms with Gasteiger partial charge in [-0.15, -0.1) is 0 Å². The first kappa shape index (κ1) is 15.4. The van der Waals surface area contributed by atoms with Crippen molar-refractivity contribution in [2.45, 2.75) is 37.7 Å². The van der Waals surface area contributed by atoms with Crippen LogP contribution in [0.3, 0.4) is 0 Å². The predicted molar refractivity (Wildman–Crippen MR) is 87.4 cm³/mol. The van der Waals surface area contributed by atoms with E-state index in [1.165, 1.54) is 0 Å². The lowest BCUT2D eigenvalue weighted by Crippen LogP contribution is -2.46. The highest BCUT2D eigenvalue weighted by atomic mass is 16.5. The standard InChI is InChI=1S/C18H21N3O3/c22-18(14-5-7-20-11-14)21-8-9-23-16-4-3-15(21)17(16)24-12-13-2-1-6-19-10-13/h1-2,5-7,10-11,15-17,20H,3-4,8-9,12H2/t15-,16-,17+/m0/s1. The molecular weight excluding hydrogens is 306 g/mol. The molecule has 0 unspecified atom stereocenters. The Labute approximate surface area is 140 Å². The zero-order valence-electron chi connectivity index (χ0n) is 13.4. The molecule has 2 aromatic heterocycles. The molecule has 1 aliphatic carbocycles. The van der Waals surface area contributed by atoms with Crippen molar-refractivity contribution in [3.05, 3.63) is 54.1 Å². The summed E-state index contributed by atoms with van der Waals surface area (Å²) in [6, 6.07) is 5.77. The molecule has 2 aromatic rings. The summed E-state index contributed by atoms with van der Waals surface area (Å²) < 4.78 is 12.1. The van der Waals surface area contributed by atoms with Gasteiger partial charge < -0.3 is 19.4 Å². The van der Waals surface area contributed by atoms with E-state index in [2.05, 4.69) is 9.97 Å². The molecule has 0 radical (unpaired) electrons. The zero-order valence-corrected chi connectivity index (χ0v) is 13.4. The van der Waals surface area contributed by atoms with Crippen molar-refractivity contribution >= 4 is 5.91 Å². The van der Waals surface area contributed by atoms with E-state index in [4.69, 9.17) is 9.47 Å². The third kappa shape index (κ3) is 2.95. The van der Waals surface area contributed by atoms with Gasteiger partial charge in [-0.1, -0.05) is 6.07 Å². The number of amides is 1. The number of H-pyrrole nitrogens is 1. The molecule has 0 spiro atoms. The maximum atomic E-state index is 12.8. The van der Waals surface area contributed by atoms with Gasteiger partial charge >= 0.3 is 0 Å². The number of ether oxygens (including phenoxy) is 2. The van der Waals surface area contributed by atoms with E-state index in [1.807, 2.05) is 29.3 Å². The van der Waals surface area contributed by atoms with Gasteiger partial charge in [0.05, 0.1) is 30.9 Å². The summed E-state index contributed by atoms with van der Waals surface area (Å²) in [6.45, 7) is 1.66. The largest absolute Gasteiger partial charge is 0.374 e. The normalized spacial score (nSPS) is 26.3. The molecule has 2 fully saturated rings. The van der Waals surface area contributed by atoms with Crippen LogP contribution in [0.1, 0.15) is 28.8 Å². The molecule has 1 N–H and O–H groups in total. The van der Waals surface area contributed by atoms with Crippen molar-refractivity contribution in [3.63, 3.8) is 0 Å². The minimum atomic E-state index is -0.0874. The smallest absolute Gasteiger partial charge is 0.255 e. The maximum Gasteiger partial charge on any atom is 0.255 e. The Morgan fingerprint density at radius 1 is 1.42 bits per heavy atom. The Balaban J connectivity index is 1.50. The highest BCUT2D eigenvalue weighted by Gasteiger charge is 2.44. The number of nitrogens with one attached hydrogen (secondary N) is 1. The van der Waals surface area contributed by atoms with Crippen LogP contribution in [0, 0.1) is 0 Å². The number of hydrogen-bond donors (Lipinski definition) is 1. The van der Waals surface area contributed by atoms with Crippen molar-refractivity contribution in [1.82, 2.24) is 14.9 Å². The van der Waals surface area contributed by atoms with Crippen LogP contribution in [-0.4, -0.2) is 52.2 Å². The molecular formula is C18H21N3O3. The number of nitrogens with zero attached hydrogens (tertiary/aromatic N) is 2. The summed E-state index contributed by atoms with van der Waals surface area (Å²) in [4.78, 5) is 21.8. The van der Waals surface area contributed by atoms with Crippen LogP contribution in [0.25, 0.3) is 0 Å². The second kappa shape index (κ2) is 6.75. The van der Waals surface area contributed by atoms with Crippen LogP contribution in [0.4, 0.5) is 0 Å². The lowest BCUT2D eigenvalue weighted by atomic mass is 10.1. The van der Waals surface area contributed by atoms with Gasteiger partial charge in [-0.3, -0.25) is 9.78 Å². The molecule has 4 rings (SSSR count). The van der Waals surface area contributed by atoms with E-state index < -0.39 is 0 Å². The summed E-state index contributed by atoms with van der Waals surface area (Å²) in [5.74, 6) is 0.0439. The average Bonchev–Trinajstić information content (AvgIpc) is 3.22. The van der Waals surface area contributed by atoms with Crippen molar-refractivity contribution < 1.29 is 14.3 Å². The highest BCUT2D eigenvalue weighted by Crippen LogP contribution is 2.33. The third-order valence-corrected chi connectivity index (χ3v) is 4.83. The Bertz CT molecular complexity index is 674. The minimum Gasteiger partial charge on any atom is -0.374 e. The molecule has 1 saturated carbocycles. The van der Waals surface area contributed by atoms with E-state index in [0.717, 1.165) is 18.4 Å². The summed E-state index contributed by atoms with van der Waals surface area (Å²) in [7, 11) is 0. The molecule has 24 heavy (non-hydrogen) atoms. The van der Waals surface area contributed by atoms with Crippen LogP contribution < -0.4 is 0 Å². The fourth-order valence-electron chi connectivity index (χ4n) is 3.66. The molecule has 6 heteroatoms. The van der Waals surface area contributed by atoms with Gasteiger partial charge in [-0.2, -0.15) is 0 Å². The molecule has 126 valence electrons. The van der Waals surface area contributed by atoms with Crippen molar-refractivity contribution in [1.29, 1.82) is 0 Å². The topological polar surface area (TPSA) is 67.5 Å². The number of hydrogen-bond acceptors (Lipinski definition) is 4. The number of carbonyl (C=O) groups excluding carboxylic acids is 1. The molecule has 2 aliphatic rings. The van der Waals surface area contributed by atoms with Crippen LogP contribution in [-0.2, 0) is 16.1 Å². The van der Waals surface area contributed by atoms with E-state index in [1.54, 1.807) is 18.6 Å². The van der Waals surface area contributed by atoms with Crippen LogP contribution >= 0.6 is 0 Å². The van der Waals surface area contributed by atoms with Gasteiger partial charge in [0.15, 0.2) is 0 Å². The minimum absolute atomic E-state index is 0.0439. The molecule has 6 nitrogen and oxygen atoms in total. The first-order chi connectivity index (χ1) is 11.8. The zero-order chi connectivity index (χ0) is 16.4. The van der Waals surface area contributed by atoms with Gasteiger partial charge in [-0.25, -0.2) is 0 Å². The number of fused-ring (bicyclic) bond motifs is 2. The fourth-order valence-corrected chi connectivity index (χ4v) is 3.66. The number of aromatic nitrogens is 2. The summed E-state index contributed by atoms with van der Waals surface area (Å²) >= 11 is 0. The van der Waals surface area contributed by atoms with E-state index in [0.29, 0.717) is 25.3 Å². The molecule has 1 aliphatic heterocycles. The number of carbonyl (C=O) groups is 1. The van der Waals surface area contributed by atoms with Gasteiger partial charge in [0.1, 0.15) is 6.10 Å². The number of rotatable bonds is 4. The van der Waals surface area contributed by atoms with Gasteiger partial charge in [-0.05, 0) is 30.5 Å². The Hall–Kier alpha value is -2.18. The van der Waals surface area contributed by atoms with Crippen molar-refractivity contribution in [2.75, 3.05) is 13.2 Å². The average molecular weight is 327 g/mol. The molecule has 1 amide bonds. The molecule has 0 aromatic carbocycles. The Kier molecular flexibility index (Phi) is 4.32. The Morgan fingerprint density at radius 2 is 2.38 bits per heavy atom. The highest BCUT2D eigenvalue weighted by molar-refractivity contribution is 5.94. The summed E-state index contributed by atoms with van der Waals surface area (Å²) in [5, 5.41) is 0. The van der Waals surface area contributed by atoms with Crippen molar-refractivity contribution in [3.8, 4) is 0 Å². The van der Waals surface area contributed by atoms with Crippen LogP contribution in [0.15, 0.2) is 43.0 Å². The summed E-state index contributed by atoms with van der Waals surface area (Å²) in [5.41, 5.74) is 1.72. The number of pyridine rings is 1. The second-order valence-electron chi connectivity index (χ2n) is 6.29. The Morgan fingerprint density at radius 3 is 3.17 bits per heavy atom. The van der Waals surface area contributed by atoms with Crippen LogP contribution in [0.5, 0.6) is 0 Å². The predicted octanol–water partition coefficient (Wildman–Crippen LogP) is 2.00. The molecule has 3 atom stereocenters. The van der Waals surface area contributed by atoms with E-state index >= 15 is 0 Å².